The van der Waals surface area contributed by atoms with Crippen LogP contribution < -0.4 is 5.32 Å². The topological polar surface area (TPSA) is 70.2 Å². The molecule has 1 aromatic heterocycles. The van der Waals surface area contributed by atoms with E-state index in [9.17, 15) is 4.79 Å². The number of carbonyl (C=O) groups is 1. The minimum absolute atomic E-state index is 0.0915. The summed E-state index contributed by atoms with van der Waals surface area (Å²) in [5.74, 6) is 0. The molecule has 1 aromatic rings. The summed E-state index contributed by atoms with van der Waals surface area (Å²) in [6.45, 7) is 7.64. The van der Waals surface area contributed by atoms with Crippen LogP contribution in [-0.2, 0) is 4.74 Å². The summed E-state index contributed by atoms with van der Waals surface area (Å²) in [4.78, 5) is 20.8. The molecular weight excluding hydrogens is 232 g/mol. The Balaban J connectivity index is 1.96. The second-order valence-electron chi connectivity index (χ2n) is 5.44. The zero-order chi connectivity index (χ0) is 13.2. The van der Waals surface area contributed by atoms with Crippen molar-refractivity contribution in [1.29, 1.82) is 0 Å². The summed E-state index contributed by atoms with van der Waals surface area (Å²) >= 11 is 0. The van der Waals surface area contributed by atoms with Gasteiger partial charge >= 0.3 is 6.09 Å². The van der Waals surface area contributed by atoms with Crippen LogP contribution in [0, 0.1) is 0 Å². The van der Waals surface area contributed by atoms with Crippen molar-refractivity contribution >= 4 is 6.09 Å². The Bertz CT molecular complexity index is 397. The molecule has 0 spiro atoms. The lowest BCUT2D eigenvalue weighted by Gasteiger charge is -2.34. The van der Waals surface area contributed by atoms with E-state index in [1.54, 1.807) is 17.4 Å². The van der Waals surface area contributed by atoms with Crippen LogP contribution in [0.15, 0.2) is 12.5 Å². The van der Waals surface area contributed by atoms with Gasteiger partial charge in [-0.25, -0.2) is 9.78 Å². The zero-order valence-corrected chi connectivity index (χ0v) is 11.1. The first-order valence-electron chi connectivity index (χ1n) is 6.15. The number of nitrogens with one attached hydrogen (secondary N) is 2. The fraction of sp³-hybridized carbons (Fsp3) is 0.667. The lowest BCUT2D eigenvalue weighted by molar-refractivity contribution is 0.0194. The number of hydrogen-bond donors (Lipinski definition) is 2. The molecule has 2 heterocycles. The molecular formula is C12H20N4O2. The van der Waals surface area contributed by atoms with E-state index in [1.807, 2.05) is 20.8 Å². The molecule has 6 nitrogen and oxygen atoms in total. The van der Waals surface area contributed by atoms with Crippen LogP contribution in [-0.4, -0.2) is 46.2 Å². The second-order valence-corrected chi connectivity index (χ2v) is 5.44. The number of nitrogens with zero attached hydrogens (tertiary/aromatic N) is 2. The molecule has 2 rings (SSSR count). The van der Waals surface area contributed by atoms with Crippen molar-refractivity contribution in [3.63, 3.8) is 0 Å². The highest BCUT2D eigenvalue weighted by Gasteiger charge is 2.28. The van der Waals surface area contributed by atoms with Gasteiger partial charge in [0.2, 0.25) is 0 Å². The number of amides is 1. The third-order valence-electron chi connectivity index (χ3n) is 2.72. The van der Waals surface area contributed by atoms with Gasteiger partial charge in [0.1, 0.15) is 5.60 Å². The number of carbonyl (C=O) groups excluding carboxylic acids is 1. The Kier molecular flexibility index (Phi) is 3.56. The molecule has 6 heteroatoms. The zero-order valence-electron chi connectivity index (χ0n) is 11.1. The smallest absolute Gasteiger partial charge is 0.410 e. The third-order valence-corrected chi connectivity index (χ3v) is 2.72. The largest absolute Gasteiger partial charge is 0.444 e. The third kappa shape index (κ3) is 3.22. The minimum atomic E-state index is -0.453. The van der Waals surface area contributed by atoms with Crippen LogP contribution in [0.25, 0.3) is 0 Å². The van der Waals surface area contributed by atoms with Gasteiger partial charge in [-0.05, 0) is 20.8 Å². The number of hydrogen-bond acceptors (Lipinski definition) is 4. The Morgan fingerprint density at radius 2 is 2.33 bits per heavy atom. The van der Waals surface area contributed by atoms with Crippen molar-refractivity contribution in [2.24, 2.45) is 0 Å². The Labute approximate surface area is 107 Å². The number of rotatable bonds is 1. The van der Waals surface area contributed by atoms with Crippen LogP contribution in [0.3, 0.4) is 0 Å². The highest BCUT2D eigenvalue weighted by atomic mass is 16.6. The number of ether oxygens (including phenoxy) is 1. The molecule has 0 bridgehead atoms. The van der Waals surface area contributed by atoms with Gasteiger partial charge < -0.3 is 19.9 Å². The predicted molar refractivity (Wildman–Crippen MR) is 67.1 cm³/mol. The number of piperazine rings is 1. The van der Waals surface area contributed by atoms with Gasteiger partial charge in [-0.2, -0.15) is 0 Å². The summed E-state index contributed by atoms with van der Waals surface area (Å²) < 4.78 is 5.38. The quantitative estimate of drug-likeness (QED) is 0.790. The Morgan fingerprint density at radius 3 is 2.94 bits per heavy atom. The normalized spacial score (nSPS) is 20.8. The standard InChI is InChI=1S/C12H20N4O2/c1-12(2,3)18-11(17)16-5-4-14-10(7-16)9-6-13-8-15-9/h6,8,10,14H,4-5,7H2,1-3H3,(H,13,15). The number of aromatic nitrogens is 2. The molecule has 1 saturated heterocycles. The van der Waals surface area contributed by atoms with E-state index >= 15 is 0 Å². The van der Waals surface area contributed by atoms with E-state index in [2.05, 4.69) is 15.3 Å². The van der Waals surface area contributed by atoms with E-state index in [4.69, 9.17) is 4.74 Å². The monoisotopic (exact) mass is 252 g/mol. The SMILES string of the molecule is CC(C)(C)OC(=O)N1CCNC(c2cnc[nH]2)C1. The first-order valence-corrected chi connectivity index (χ1v) is 6.15. The molecule has 1 fully saturated rings. The van der Waals surface area contributed by atoms with Gasteiger partial charge in [-0.3, -0.25) is 0 Å². The molecule has 1 unspecified atom stereocenters. The molecule has 0 saturated carbocycles. The maximum absolute atomic E-state index is 12.0. The number of imidazole rings is 1. The Hall–Kier alpha value is -1.56. The second kappa shape index (κ2) is 4.97. The molecule has 18 heavy (non-hydrogen) atoms. The Morgan fingerprint density at radius 1 is 1.56 bits per heavy atom. The van der Waals surface area contributed by atoms with Crippen molar-refractivity contribution in [2.45, 2.75) is 32.4 Å². The van der Waals surface area contributed by atoms with Crippen molar-refractivity contribution in [1.82, 2.24) is 20.2 Å². The van der Waals surface area contributed by atoms with Gasteiger partial charge in [0, 0.05) is 25.8 Å². The number of aromatic amines is 1. The highest BCUT2D eigenvalue weighted by Crippen LogP contribution is 2.17. The molecule has 1 atom stereocenters. The molecule has 0 radical (unpaired) electrons. The van der Waals surface area contributed by atoms with Crippen LogP contribution >= 0.6 is 0 Å². The van der Waals surface area contributed by atoms with Crippen molar-refractivity contribution in [3.8, 4) is 0 Å². The molecule has 100 valence electrons. The van der Waals surface area contributed by atoms with E-state index in [1.165, 1.54) is 0 Å². The van der Waals surface area contributed by atoms with Crippen LogP contribution in [0.4, 0.5) is 4.79 Å². The van der Waals surface area contributed by atoms with E-state index in [-0.39, 0.29) is 12.1 Å². The summed E-state index contributed by atoms with van der Waals surface area (Å²) in [6.07, 6.45) is 3.16. The van der Waals surface area contributed by atoms with Crippen LogP contribution in [0.2, 0.25) is 0 Å². The van der Waals surface area contributed by atoms with Gasteiger partial charge in [-0.1, -0.05) is 0 Å². The van der Waals surface area contributed by atoms with Gasteiger partial charge in [-0.15, -0.1) is 0 Å². The van der Waals surface area contributed by atoms with Gasteiger partial charge in [0.05, 0.1) is 18.1 Å². The van der Waals surface area contributed by atoms with E-state index < -0.39 is 5.60 Å². The van der Waals surface area contributed by atoms with Crippen LogP contribution in [0.1, 0.15) is 32.5 Å². The van der Waals surface area contributed by atoms with Crippen molar-refractivity contribution in [2.75, 3.05) is 19.6 Å². The van der Waals surface area contributed by atoms with E-state index in [0.29, 0.717) is 13.1 Å². The van der Waals surface area contributed by atoms with E-state index in [0.717, 1.165) is 12.2 Å². The maximum Gasteiger partial charge on any atom is 0.410 e. The highest BCUT2D eigenvalue weighted by molar-refractivity contribution is 5.68. The molecule has 2 N–H and O–H groups in total. The lowest BCUT2D eigenvalue weighted by atomic mass is 10.1. The number of H-pyrrole nitrogens is 1. The van der Waals surface area contributed by atoms with Crippen molar-refractivity contribution in [3.05, 3.63) is 18.2 Å². The molecule has 1 amide bonds. The first-order chi connectivity index (χ1) is 8.46. The average molecular weight is 252 g/mol. The molecule has 1 aliphatic heterocycles. The summed E-state index contributed by atoms with van der Waals surface area (Å²) in [6, 6.07) is 0.0915. The maximum atomic E-state index is 12.0. The van der Waals surface area contributed by atoms with Crippen molar-refractivity contribution < 1.29 is 9.53 Å². The van der Waals surface area contributed by atoms with Gasteiger partial charge in [0.25, 0.3) is 0 Å². The summed E-state index contributed by atoms with van der Waals surface area (Å²) in [7, 11) is 0. The average Bonchev–Trinajstić information content (AvgIpc) is 2.80. The fourth-order valence-corrected chi connectivity index (χ4v) is 1.91. The fourth-order valence-electron chi connectivity index (χ4n) is 1.91. The lowest BCUT2D eigenvalue weighted by Crippen LogP contribution is -2.49. The molecule has 1 aliphatic rings. The molecule has 0 aromatic carbocycles. The first kappa shape index (κ1) is 12.9. The summed E-state index contributed by atoms with van der Waals surface area (Å²) in [5.41, 5.74) is 0.536. The predicted octanol–water partition coefficient (Wildman–Crippen LogP) is 1.29. The minimum Gasteiger partial charge on any atom is -0.444 e. The van der Waals surface area contributed by atoms with Crippen LogP contribution in [0.5, 0.6) is 0 Å². The van der Waals surface area contributed by atoms with Gasteiger partial charge in [0.15, 0.2) is 0 Å². The summed E-state index contributed by atoms with van der Waals surface area (Å²) in [5, 5.41) is 3.35. The molecule has 0 aliphatic carbocycles.